The molecule has 0 aliphatic carbocycles. The van der Waals surface area contributed by atoms with Crippen LogP contribution in [-0.2, 0) is 0 Å². The number of hydrogen-bond acceptors (Lipinski definition) is 2. The first kappa shape index (κ1) is 8.27. The summed E-state index contributed by atoms with van der Waals surface area (Å²) in [6.45, 7) is 6.16. The molecule has 0 amide bonds. The second kappa shape index (κ2) is 3.05. The maximum atomic E-state index is 5.74. The van der Waals surface area contributed by atoms with Gasteiger partial charge in [0.1, 0.15) is 0 Å². The Morgan fingerprint density at radius 1 is 1.45 bits per heavy atom. The van der Waals surface area contributed by atoms with Gasteiger partial charge in [0.15, 0.2) is 0 Å². The molecule has 3 heteroatoms. The standard InChI is InChI=1S/C8H15N3/c1-6(2)11-8(7(3)9)4-5-10-11/h4-7H,9H2,1-3H3/t7-/m1/s1. The summed E-state index contributed by atoms with van der Waals surface area (Å²) in [4.78, 5) is 0. The van der Waals surface area contributed by atoms with E-state index in [4.69, 9.17) is 5.73 Å². The minimum absolute atomic E-state index is 0.0694. The number of rotatable bonds is 2. The first-order valence-electron chi connectivity index (χ1n) is 3.92. The monoisotopic (exact) mass is 153 g/mol. The first-order chi connectivity index (χ1) is 5.13. The third-order valence-electron chi connectivity index (χ3n) is 1.66. The van der Waals surface area contributed by atoms with E-state index in [1.165, 1.54) is 0 Å². The van der Waals surface area contributed by atoms with Gasteiger partial charge in [0, 0.05) is 18.3 Å². The van der Waals surface area contributed by atoms with E-state index in [1.807, 2.05) is 17.7 Å². The Balaban J connectivity index is 2.96. The van der Waals surface area contributed by atoms with Crippen LogP contribution in [0.4, 0.5) is 0 Å². The molecule has 0 saturated heterocycles. The molecule has 0 aliphatic heterocycles. The van der Waals surface area contributed by atoms with Gasteiger partial charge in [-0.1, -0.05) is 0 Å². The SMILES string of the molecule is CC(C)n1nccc1[C@@H](C)N. The number of nitrogens with zero attached hydrogens (tertiary/aromatic N) is 2. The molecule has 1 rings (SSSR count). The lowest BCUT2D eigenvalue weighted by molar-refractivity contribution is 0.494. The van der Waals surface area contributed by atoms with E-state index in [2.05, 4.69) is 18.9 Å². The van der Waals surface area contributed by atoms with E-state index < -0.39 is 0 Å². The van der Waals surface area contributed by atoms with Crippen molar-refractivity contribution < 1.29 is 0 Å². The molecule has 1 aromatic rings. The molecule has 0 spiro atoms. The van der Waals surface area contributed by atoms with E-state index >= 15 is 0 Å². The van der Waals surface area contributed by atoms with Gasteiger partial charge in [-0.3, -0.25) is 4.68 Å². The third kappa shape index (κ3) is 1.60. The van der Waals surface area contributed by atoms with Crippen LogP contribution in [0.3, 0.4) is 0 Å². The molecule has 0 bridgehead atoms. The highest BCUT2D eigenvalue weighted by Gasteiger charge is 2.08. The fourth-order valence-corrected chi connectivity index (χ4v) is 1.12. The molecule has 3 nitrogen and oxygen atoms in total. The van der Waals surface area contributed by atoms with Crippen molar-refractivity contribution in [3.8, 4) is 0 Å². The van der Waals surface area contributed by atoms with Gasteiger partial charge in [0.2, 0.25) is 0 Å². The van der Waals surface area contributed by atoms with Gasteiger partial charge in [0.05, 0.1) is 5.69 Å². The lowest BCUT2D eigenvalue weighted by Crippen LogP contribution is -2.14. The van der Waals surface area contributed by atoms with E-state index in [-0.39, 0.29) is 6.04 Å². The van der Waals surface area contributed by atoms with E-state index in [0.717, 1.165) is 5.69 Å². The fourth-order valence-electron chi connectivity index (χ4n) is 1.12. The molecule has 0 aromatic carbocycles. The van der Waals surface area contributed by atoms with Crippen LogP contribution in [0.1, 0.15) is 38.5 Å². The van der Waals surface area contributed by atoms with E-state index in [1.54, 1.807) is 6.20 Å². The normalized spacial score (nSPS) is 13.9. The topological polar surface area (TPSA) is 43.8 Å². The Morgan fingerprint density at radius 3 is 2.45 bits per heavy atom. The molecule has 0 saturated carbocycles. The van der Waals surface area contributed by atoms with Gasteiger partial charge >= 0.3 is 0 Å². The summed E-state index contributed by atoms with van der Waals surface area (Å²) in [7, 11) is 0. The summed E-state index contributed by atoms with van der Waals surface area (Å²) < 4.78 is 1.95. The van der Waals surface area contributed by atoms with Crippen LogP contribution in [0.5, 0.6) is 0 Å². The fraction of sp³-hybridized carbons (Fsp3) is 0.625. The Bertz CT molecular complexity index is 202. The number of nitrogens with two attached hydrogens (primary N) is 1. The molecular weight excluding hydrogens is 138 g/mol. The summed E-state index contributed by atoms with van der Waals surface area (Å²) in [6, 6.07) is 2.43. The Kier molecular flexibility index (Phi) is 2.29. The van der Waals surface area contributed by atoms with Crippen LogP contribution in [0.2, 0.25) is 0 Å². The molecule has 0 aliphatic rings. The lowest BCUT2D eigenvalue weighted by Gasteiger charge is -2.12. The van der Waals surface area contributed by atoms with Crippen LogP contribution >= 0.6 is 0 Å². The van der Waals surface area contributed by atoms with Crippen LogP contribution in [0, 0.1) is 0 Å². The summed E-state index contributed by atoms with van der Waals surface area (Å²) in [5, 5.41) is 4.17. The minimum Gasteiger partial charge on any atom is -0.323 e. The van der Waals surface area contributed by atoms with Crippen molar-refractivity contribution in [3.63, 3.8) is 0 Å². The molecule has 0 unspecified atom stereocenters. The molecular formula is C8H15N3. The van der Waals surface area contributed by atoms with Crippen molar-refractivity contribution in [3.05, 3.63) is 18.0 Å². The Morgan fingerprint density at radius 2 is 2.09 bits per heavy atom. The van der Waals surface area contributed by atoms with Crippen LogP contribution in [0.15, 0.2) is 12.3 Å². The molecule has 1 heterocycles. The zero-order valence-corrected chi connectivity index (χ0v) is 7.28. The highest BCUT2D eigenvalue weighted by Crippen LogP contribution is 2.13. The average Bonchev–Trinajstić information content (AvgIpc) is 2.32. The van der Waals surface area contributed by atoms with Gasteiger partial charge < -0.3 is 5.73 Å². The molecule has 1 atom stereocenters. The van der Waals surface area contributed by atoms with Crippen molar-refractivity contribution in [2.45, 2.75) is 32.9 Å². The molecule has 0 radical (unpaired) electrons. The highest BCUT2D eigenvalue weighted by molar-refractivity contribution is 5.05. The van der Waals surface area contributed by atoms with E-state index in [9.17, 15) is 0 Å². The smallest absolute Gasteiger partial charge is 0.0551 e. The van der Waals surface area contributed by atoms with Crippen molar-refractivity contribution >= 4 is 0 Å². The molecule has 62 valence electrons. The predicted molar refractivity (Wildman–Crippen MR) is 45.2 cm³/mol. The van der Waals surface area contributed by atoms with Gasteiger partial charge in [-0.05, 0) is 26.8 Å². The van der Waals surface area contributed by atoms with Crippen LogP contribution in [-0.4, -0.2) is 9.78 Å². The van der Waals surface area contributed by atoms with Gasteiger partial charge in [0.25, 0.3) is 0 Å². The molecule has 2 N–H and O–H groups in total. The summed E-state index contributed by atoms with van der Waals surface area (Å²) in [6.07, 6.45) is 1.79. The van der Waals surface area contributed by atoms with Gasteiger partial charge in [-0.15, -0.1) is 0 Å². The van der Waals surface area contributed by atoms with Crippen LogP contribution < -0.4 is 5.73 Å². The Labute approximate surface area is 67.2 Å². The zero-order chi connectivity index (χ0) is 8.43. The lowest BCUT2D eigenvalue weighted by atomic mass is 10.2. The maximum absolute atomic E-state index is 5.74. The molecule has 0 fully saturated rings. The minimum atomic E-state index is 0.0694. The second-order valence-corrected chi connectivity index (χ2v) is 3.08. The van der Waals surface area contributed by atoms with Gasteiger partial charge in [-0.25, -0.2) is 0 Å². The second-order valence-electron chi connectivity index (χ2n) is 3.08. The van der Waals surface area contributed by atoms with Crippen molar-refractivity contribution in [1.29, 1.82) is 0 Å². The van der Waals surface area contributed by atoms with Crippen molar-refractivity contribution in [2.24, 2.45) is 5.73 Å². The largest absolute Gasteiger partial charge is 0.323 e. The summed E-state index contributed by atoms with van der Waals surface area (Å²) >= 11 is 0. The van der Waals surface area contributed by atoms with E-state index in [0.29, 0.717) is 6.04 Å². The summed E-state index contributed by atoms with van der Waals surface area (Å²) in [5.74, 6) is 0. The average molecular weight is 153 g/mol. The maximum Gasteiger partial charge on any atom is 0.0551 e. The Hall–Kier alpha value is -0.830. The third-order valence-corrected chi connectivity index (χ3v) is 1.66. The van der Waals surface area contributed by atoms with Crippen molar-refractivity contribution in [1.82, 2.24) is 9.78 Å². The molecule has 1 aromatic heterocycles. The number of aromatic nitrogens is 2. The predicted octanol–water partition coefficient (Wildman–Crippen LogP) is 1.48. The van der Waals surface area contributed by atoms with Gasteiger partial charge in [-0.2, -0.15) is 5.10 Å². The van der Waals surface area contributed by atoms with Crippen molar-refractivity contribution in [2.75, 3.05) is 0 Å². The highest BCUT2D eigenvalue weighted by atomic mass is 15.3. The van der Waals surface area contributed by atoms with Crippen LogP contribution in [0.25, 0.3) is 0 Å². The first-order valence-corrected chi connectivity index (χ1v) is 3.92. The zero-order valence-electron chi connectivity index (χ0n) is 7.28. The number of hydrogen-bond donors (Lipinski definition) is 1. The summed E-state index contributed by atoms with van der Waals surface area (Å²) in [5.41, 5.74) is 6.83. The molecule has 11 heavy (non-hydrogen) atoms. The quantitative estimate of drug-likeness (QED) is 0.699.